The van der Waals surface area contributed by atoms with Gasteiger partial charge in [0.2, 0.25) is 5.91 Å². The SMILES string of the molecule is CCc1nn(C(C)c2oc(=O)c3ccccc3c2C2=CCN(C(=O)CN(C)C)CC2)c2ncnc(N)c12. The summed E-state index contributed by atoms with van der Waals surface area (Å²) in [5, 5.41) is 6.86. The molecule has 0 bridgehead atoms. The molecule has 10 nitrogen and oxygen atoms in total. The van der Waals surface area contributed by atoms with Crippen molar-refractivity contribution >= 4 is 39.1 Å². The molecule has 0 saturated heterocycles. The number of nitrogens with zero attached hydrogens (tertiary/aromatic N) is 6. The number of rotatable bonds is 6. The van der Waals surface area contributed by atoms with E-state index in [0.29, 0.717) is 60.5 Å². The standard InChI is InChI=1S/C27H31N7O3/c1-5-20-23-25(28)29-15-30-26(23)34(31-20)16(2)24-22(18-8-6-7-9-19(18)27(36)37-24)17-10-12-33(13-11-17)21(35)14-32(3)4/h6-10,15-16H,5,11-14H2,1-4H3,(H2,28,29,30). The zero-order valence-electron chi connectivity index (χ0n) is 21.6. The Morgan fingerprint density at radius 3 is 2.65 bits per heavy atom. The summed E-state index contributed by atoms with van der Waals surface area (Å²) in [6.07, 6.45) is 4.78. The smallest absolute Gasteiger partial charge is 0.343 e. The summed E-state index contributed by atoms with van der Waals surface area (Å²) in [5.74, 6) is 0.968. The molecule has 0 radical (unpaired) electrons. The maximum atomic E-state index is 13.1. The van der Waals surface area contributed by atoms with Crippen LogP contribution < -0.4 is 11.4 Å². The maximum Gasteiger partial charge on any atom is 0.343 e. The number of aryl methyl sites for hydroxylation is 1. The van der Waals surface area contributed by atoms with Crippen molar-refractivity contribution in [2.45, 2.75) is 32.7 Å². The summed E-state index contributed by atoms with van der Waals surface area (Å²) >= 11 is 0. The number of hydrogen-bond acceptors (Lipinski definition) is 8. The molecule has 1 unspecified atom stereocenters. The fourth-order valence-corrected chi connectivity index (χ4v) is 5.03. The van der Waals surface area contributed by atoms with Crippen molar-refractivity contribution in [2.24, 2.45) is 0 Å². The lowest BCUT2D eigenvalue weighted by atomic mass is 9.92. The van der Waals surface area contributed by atoms with Crippen molar-refractivity contribution in [3.63, 3.8) is 0 Å². The maximum absolute atomic E-state index is 13.1. The lowest BCUT2D eigenvalue weighted by Crippen LogP contribution is -2.40. The number of likely N-dealkylation sites (N-methyl/N-ethyl adjacent to an activating group) is 1. The third-order valence-corrected chi connectivity index (χ3v) is 6.87. The highest BCUT2D eigenvalue weighted by molar-refractivity contribution is 5.94. The average Bonchev–Trinajstić information content (AvgIpc) is 3.28. The van der Waals surface area contributed by atoms with Gasteiger partial charge < -0.3 is 20.0 Å². The number of amides is 1. The highest BCUT2D eigenvalue weighted by atomic mass is 16.4. The summed E-state index contributed by atoms with van der Waals surface area (Å²) in [4.78, 5) is 38.0. The molecule has 0 aliphatic carbocycles. The molecule has 192 valence electrons. The predicted molar refractivity (Wildman–Crippen MR) is 143 cm³/mol. The minimum atomic E-state index is -0.446. The Balaban J connectivity index is 1.66. The van der Waals surface area contributed by atoms with Gasteiger partial charge in [-0.25, -0.2) is 19.4 Å². The van der Waals surface area contributed by atoms with Gasteiger partial charge in [-0.2, -0.15) is 5.10 Å². The summed E-state index contributed by atoms with van der Waals surface area (Å²) in [5.41, 5.74) is 9.06. The van der Waals surface area contributed by atoms with Gasteiger partial charge in [-0.05, 0) is 50.9 Å². The average molecular weight is 502 g/mol. The van der Waals surface area contributed by atoms with E-state index in [2.05, 4.69) is 16.0 Å². The van der Waals surface area contributed by atoms with Crippen molar-refractivity contribution in [2.75, 3.05) is 39.5 Å². The van der Waals surface area contributed by atoms with Crippen LogP contribution in [0.25, 0.3) is 27.4 Å². The number of aromatic nitrogens is 4. The lowest BCUT2D eigenvalue weighted by Gasteiger charge is -2.29. The van der Waals surface area contributed by atoms with Crippen molar-refractivity contribution in [3.05, 3.63) is 64.1 Å². The number of carbonyl (C=O) groups excluding carboxylic acids is 1. The minimum Gasteiger partial charge on any atom is -0.424 e. The predicted octanol–water partition coefficient (Wildman–Crippen LogP) is 2.86. The van der Waals surface area contributed by atoms with Gasteiger partial charge >= 0.3 is 5.63 Å². The van der Waals surface area contributed by atoms with E-state index in [1.807, 2.05) is 55.9 Å². The van der Waals surface area contributed by atoms with Crippen LogP contribution in [-0.4, -0.2) is 69.2 Å². The van der Waals surface area contributed by atoms with E-state index in [4.69, 9.17) is 15.2 Å². The molecular weight excluding hydrogens is 470 g/mol. The van der Waals surface area contributed by atoms with Crippen LogP contribution in [0, 0.1) is 0 Å². The van der Waals surface area contributed by atoms with Crippen LogP contribution in [0.2, 0.25) is 0 Å². The summed E-state index contributed by atoms with van der Waals surface area (Å²) in [7, 11) is 3.77. The van der Waals surface area contributed by atoms with Gasteiger partial charge in [0, 0.05) is 18.7 Å². The van der Waals surface area contributed by atoms with E-state index in [0.717, 1.165) is 22.2 Å². The third-order valence-electron chi connectivity index (χ3n) is 6.87. The largest absolute Gasteiger partial charge is 0.424 e. The molecule has 1 aromatic carbocycles. The van der Waals surface area contributed by atoms with Gasteiger partial charge in [0.25, 0.3) is 0 Å². The molecule has 0 spiro atoms. The van der Waals surface area contributed by atoms with Gasteiger partial charge in [0.15, 0.2) is 5.65 Å². The second-order valence-electron chi connectivity index (χ2n) is 9.61. The van der Waals surface area contributed by atoms with Crippen molar-refractivity contribution in [3.8, 4) is 0 Å². The summed E-state index contributed by atoms with van der Waals surface area (Å²) in [6.45, 7) is 5.40. The molecule has 3 aromatic heterocycles. The van der Waals surface area contributed by atoms with E-state index >= 15 is 0 Å². The minimum absolute atomic E-state index is 0.0886. The monoisotopic (exact) mass is 501 g/mol. The highest BCUT2D eigenvalue weighted by Gasteiger charge is 2.28. The molecule has 4 heterocycles. The van der Waals surface area contributed by atoms with E-state index in [9.17, 15) is 9.59 Å². The molecule has 1 aliphatic rings. The Kier molecular flexibility index (Phi) is 6.51. The second-order valence-corrected chi connectivity index (χ2v) is 9.61. The molecule has 5 rings (SSSR count). The Hall–Kier alpha value is -4.05. The topological polar surface area (TPSA) is 123 Å². The summed E-state index contributed by atoms with van der Waals surface area (Å²) < 4.78 is 7.78. The van der Waals surface area contributed by atoms with Crippen molar-refractivity contribution in [1.82, 2.24) is 29.5 Å². The molecule has 1 atom stereocenters. The first kappa shape index (κ1) is 24.6. The zero-order valence-corrected chi connectivity index (χ0v) is 21.6. The first-order chi connectivity index (χ1) is 17.8. The molecule has 0 saturated carbocycles. The summed E-state index contributed by atoms with van der Waals surface area (Å²) in [6, 6.07) is 7.03. The molecule has 0 fully saturated rings. The van der Waals surface area contributed by atoms with Crippen molar-refractivity contribution < 1.29 is 9.21 Å². The van der Waals surface area contributed by atoms with E-state index < -0.39 is 11.7 Å². The number of fused-ring (bicyclic) bond motifs is 2. The number of benzene rings is 1. The van der Waals surface area contributed by atoms with Gasteiger partial charge in [0.05, 0.1) is 23.0 Å². The lowest BCUT2D eigenvalue weighted by molar-refractivity contribution is -0.131. The van der Waals surface area contributed by atoms with Gasteiger partial charge in [-0.15, -0.1) is 0 Å². The Labute approximate surface area is 214 Å². The Morgan fingerprint density at radius 2 is 1.97 bits per heavy atom. The van der Waals surface area contributed by atoms with Crippen LogP contribution in [0.5, 0.6) is 0 Å². The molecule has 37 heavy (non-hydrogen) atoms. The first-order valence-corrected chi connectivity index (χ1v) is 12.4. The molecule has 2 N–H and O–H groups in total. The van der Waals surface area contributed by atoms with Crippen molar-refractivity contribution in [1.29, 1.82) is 0 Å². The van der Waals surface area contributed by atoms with E-state index in [-0.39, 0.29) is 5.91 Å². The molecule has 1 amide bonds. The number of carbonyl (C=O) groups is 1. The van der Waals surface area contributed by atoms with Crippen LogP contribution in [0.3, 0.4) is 0 Å². The molecule has 1 aliphatic heterocycles. The van der Waals surface area contributed by atoms with Gasteiger partial charge in [-0.3, -0.25) is 4.79 Å². The van der Waals surface area contributed by atoms with Crippen LogP contribution in [-0.2, 0) is 11.2 Å². The number of anilines is 1. The van der Waals surface area contributed by atoms with E-state index in [1.165, 1.54) is 6.33 Å². The van der Waals surface area contributed by atoms with Crippen LogP contribution in [0.15, 0.2) is 45.9 Å². The fraction of sp³-hybridized carbons (Fsp3) is 0.370. The van der Waals surface area contributed by atoms with Gasteiger partial charge in [0.1, 0.15) is 23.9 Å². The molecule has 10 heteroatoms. The quantitative estimate of drug-likeness (QED) is 0.428. The fourth-order valence-electron chi connectivity index (χ4n) is 5.03. The number of hydrogen-bond donors (Lipinski definition) is 1. The molecule has 4 aromatic rings. The number of nitrogens with two attached hydrogens (primary N) is 1. The number of nitrogen functional groups attached to an aromatic ring is 1. The third kappa shape index (κ3) is 4.37. The van der Waals surface area contributed by atoms with Crippen LogP contribution in [0.1, 0.15) is 43.3 Å². The highest BCUT2D eigenvalue weighted by Crippen LogP contribution is 2.36. The van der Waals surface area contributed by atoms with Crippen LogP contribution >= 0.6 is 0 Å². The molecular formula is C27H31N7O3. The zero-order chi connectivity index (χ0) is 26.3. The van der Waals surface area contributed by atoms with Crippen LogP contribution in [0.4, 0.5) is 5.82 Å². The second kappa shape index (κ2) is 9.78. The normalized spacial score (nSPS) is 14.9. The Morgan fingerprint density at radius 1 is 1.22 bits per heavy atom. The van der Waals surface area contributed by atoms with E-state index in [1.54, 1.807) is 10.7 Å². The van der Waals surface area contributed by atoms with Gasteiger partial charge in [-0.1, -0.05) is 31.2 Å². The first-order valence-electron chi connectivity index (χ1n) is 12.4. The Bertz CT molecular complexity index is 1580.